The number of esters is 1. The molecule has 1 aromatic heterocycles. The highest BCUT2D eigenvalue weighted by atomic mass is 32.1. The molecule has 5 nitrogen and oxygen atoms in total. The lowest BCUT2D eigenvalue weighted by Gasteiger charge is -2.37. The standard InChI is InChI=1S/C32H52O5SSi2/c1-13-24(19-30(33)34-14-2)27-18-29(38-23-27)22-35-28-16-15-25(20-36-39(9,10)31(3,4)5)26(17-28)21-37-40(11,12)32(6,7)8/h15-19,23H,13-14,20-22H2,1-12H3/b24-19+. The molecule has 0 N–H and O–H groups in total. The van der Waals surface area contributed by atoms with Gasteiger partial charge in [0.2, 0.25) is 0 Å². The van der Waals surface area contributed by atoms with Crippen LogP contribution < -0.4 is 4.74 Å². The number of carbonyl (C=O) groups excluding carboxylic acids is 1. The van der Waals surface area contributed by atoms with Crippen LogP contribution in [0.25, 0.3) is 5.57 Å². The molecular weight excluding hydrogens is 553 g/mol. The van der Waals surface area contributed by atoms with Crippen LogP contribution in [-0.2, 0) is 38.2 Å². The highest BCUT2D eigenvalue weighted by molar-refractivity contribution is 7.10. The summed E-state index contributed by atoms with van der Waals surface area (Å²) in [6.07, 6.45) is 2.35. The van der Waals surface area contributed by atoms with Crippen LogP contribution in [0.1, 0.15) is 83.4 Å². The van der Waals surface area contributed by atoms with Crippen LogP contribution in [0.2, 0.25) is 36.3 Å². The average molecular weight is 605 g/mol. The maximum absolute atomic E-state index is 11.9. The fourth-order valence-electron chi connectivity index (χ4n) is 3.41. The van der Waals surface area contributed by atoms with Gasteiger partial charge in [-0.2, -0.15) is 0 Å². The van der Waals surface area contributed by atoms with E-state index in [9.17, 15) is 4.79 Å². The minimum Gasteiger partial charge on any atom is -0.488 e. The van der Waals surface area contributed by atoms with E-state index >= 15 is 0 Å². The highest BCUT2D eigenvalue weighted by Gasteiger charge is 2.38. The van der Waals surface area contributed by atoms with Gasteiger partial charge in [-0.15, -0.1) is 11.3 Å². The number of ether oxygens (including phenoxy) is 2. The van der Waals surface area contributed by atoms with Gasteiger partial charge < -0.3 is 18.3 Å². The monoisotopic (exact) mass is 604 g/mol. The molecule has 0 aliphatic heterocycles. The molecule has 1 heterocycles. The summed E-state index contributed by atoms with van der Waals surface area (Å²) in [5.74, 6) is 0.519. The van der Waals surface area contributed by atoms with Crippen LogP contribution in [0.3, 0.4) is 0 Å². The fourth-order valence-corrected chi connectivity index (χ4v) is 6.13. The molecule has 0 saturated heterocycles. The van der Waals surface area contributed by atoms with Crippen LogP contribution in [-0.4, -0.2) is 29.2 Å². The van der Waals surface area contributed by atoms with Crippen molar-refractivity contribution in [3.05, 3.63) is 57.3 Å². The Morgan fingerprint density at radius 2 is 1.43 bits per heavy atom. The van der Waals surface area contributed by atoms with Gasteiger partial charge in [0.05, 0.1) is 19.8 Å². The summed E-state index contributed by atoms with van der Waals surface area (Å²) >= 11 is 1.64. The molecule has 40 heavy (non-hydrogen) atoms. The van der Waals surface area contributed by atoms with Gasteiger partial charge in [0.1, 0.15) is 12.4 Å². The van der Waals surface area contributed by atoms with E-state index in [1.807, 2.05) is 19.9 Å². The van der Waals surface area contributed by atoms with E-state index in [1.165, 1.54) is 0 Å². The number of hydrogen-bond acceptors (Lipinski definition) is 6. The minimum absolute atomic E-state index is 0.134. The Morgan fingerprint density at radius 1 is 0.850 bits per heavy atom. The number of hydrogen-bond donors (Lipinski definition) is 0. The van der Waals surface area contributed by atoms with Crippen LogP contribution in [0, 0.1) is 0 Å². The van der Waals surface area contributed by atoms with Crippen molar-refractivity contribution >= 4 is 39.5 Å². The Labute approximate surface area is 249 Å². The van der Waals surface area contributed by atoms with E-state index in [4.69, 9.17) is 18.3 Å². The largest absolute Gasteiger partial charge is 0.488 e. The van der Waals surface area contributed by atoms with Crippen LogP contribution in [0.4, 0.5) is 0 Å². The zero-order valence-electron chi connectivity index (χ0n) is 26.9. The first kappa shape index (κ1) is 34.5. The van der Waals surface area contributed by atoms with E-state index < -0.39 is 16.6 Å². The SMILES string of the molecule is CCOC(=O)/C=C(\CC)c1csc(COc2ccc(CO[Si](C)(C)C(C)(C)C)c(CO[Si](C)(C)C(C)(C)C)c2)c1. The predicted molar refractivity (Wildman–Crippen MR) is 174 cm³/mol. The van der Waals surface area contributed by atoms with Gasteiger partial charge >= 0.3 is 5.97 Å². The molecule has 0 spiro atoms. The molecule has 0 amide bonds. The maximum Gasteiger partial charge on any atom is 0.331 e. The summed E-state index contributed by atoms with van der Waals surface area (Å²) < 4.78 is 24.6. The van der Waals surface area contributed by atoms with Crippen molar-refractivity contribution < 1.29 is 23.1 Å². The first-order valence-corrected chi connectivity index (χ1v) is 21.1. The Bertz CT molecular complexity index is 1150. The predicted octanol–water partition coefficient (Wildman–Crippen LogP) is 9.73. The van der Waals surface area contributed by atoms with Crippen molar-refractivity contribution in [2.24, 2.45) is 0 Å². The first-order valence-electron chi connectivity index (χ1n) is 14.4. The number of rotatable bonds is 13. The minimum atomic E-state index is -1.93. The molecule has 224 valence electrons. The van der Waals surface area contributed by atoms with Crippen molar-refractivity contribution in [1.82, 2.24) is 0 Å². The number of allylic oxidation sites excluding steroid dienone is 1. The summed E-state index contributed by atoms with van der Waals surface area (Å²) in [4.78, 5) is 13.0. The van der Waals surface area contributed by atoms with Crippen LogP contribution in [0.5, 0.6) is 5.75 Å². The molecule has 0 atom stereocenters. The molecule has 2 aromatic rings. The molecule has 0 fully saturated rings. The summed E-state index contributed by atoms with van der Waals surface area (Å²) in [6, 6.07) is 8.38. The fraction of sp³-hybridized carbons (Fsp3) is 0.594. The van der Waals surface area contributed by atoms with E-state index in [-0.39, 0.29) is 16.0 Å². The second kappa shape index (κ2) is 14.0. The van der Waals surface area contributed by atoms with Gasteiger partial charge in [0, 0.05) is 11.0 Å². The van der Waals surface area contributed by atoms with Crippen LogP contribution in [0.15, 0.2) is 35.7 Å². The molecule has 2 rings (SSSR count). The summed E-state index contributed by atoms with van der Waals surface area (Å²) in [7, 11) is -3.82. The molecule has 1 aromatic carbocycles. The lowest BCUT2D eigenvalue weighted by atomic mass is 10.1. The molecule has 0 bridgehead atoms. The molecule has 8 heteroatoms. The van der Waals surface area contributed by atoms with E-state index in [0.717, 1.165) is 39.3 Å². The van der Waals surface area contributed by atoms with Gasteiger partial charge in [-0.25, -0.2) is 4.79 Å². The van der Waals surface area contributed by atoms with Crippen molar-refractivity contribution in [3.63, 3.8) is 0 Å². The Kier molecular flexibility index (Phi) is 12.0. The number of benzene rings is 1. The van der Waals surface area contributed by atoms with Crippen molar-refractivity contribution in [3.8, 4) is 5.75 Å². The number of thiophene rings is 1. The molecule has 0 aliphatic rings. The van der Waals surface area contributed by atoms with Gasteiger partial charge in [-0.05, 0) is 95.5 Å². The van der Waals surface area contributed by atoms with E-state index in [2.05, 4.69) is 91.3 Å². The maximum atomic E-state index is 11.9. The molecular formula is C32H52O5SSi2. The third-order valence-electron chi connectivity index (χ3n) is 8.33. The van der Waals surface area contributed by atoms with Crippen molar-refractivity contribution in [2.75, 3.05) is 6.61 Å². The summed E-state index contributed by atoms with van der Waals surface area (Å²) in [6.45, 7) is 28.6. The molecule has 0 saturated carbocycles. The van der Waals surface area contributed by atoms with Gasteiger partial charge in [0.15, 0.2) is 16.6 Å². The van der Waals surface area contributed by atoms with Crippen molar-refractivity contribution in [2.45, 2.75) is 118 Å². The smallest absolute Gasteiger partial charge is 0.331 e. The Morgan fingerprint density at radius 3 is 1.95 bits per heavy atom. The average Bonchev–Trinajstić information content (AvgIpc) is 3.31. The summed E-state index contributed by atoms with van der Waals surface area (Å²) in [5.41, 5.74) is 4.29. The zero-order chi connectivity index (χ0) is 30.4. The normalized spacial score (nSPS) is 13.4. The number of carbonyl (C=O) groups is 1. The quantitative estimate of drug-likeness (QED) is 0.129. The highest BCUT2D eigenvalue weighted by Crippen LogP contribution is 2.39. The lowest BCUT2D eigenvalue weighted by molar-refractivity contribution is -0.137. The van der Waals surface area contributed by atoms with Gasteiger partial charge in [-0.3, -0.25) is 0 Å². The topological polar surface area (TPSA) is 54.0 Å². The second-order valence-electron chi connectivity index (χ2n) is 13.4. The molecule has 0 unspecified atom stereocenters. The lowest BCUT2D eigenvalue weighted by Crippen LogP contribution is -2.41. The Balaban J connectivity index is 2.23. The van der Waals surface area contributed by atoms with Crippen molar-refractivity contribution in [1.29, 1.82) is 0 Å². The third kappa shape index (κ3) is 9.69. The van der Waals surface area contributed by atoms with Crippen LogP contribution >= 0.6 is 11.3 Å². The van der Waals surface area contributed by atoms with E-state index in [0.29, 0.717) is 26.4 Å². The second-order valence-corrected chi connectivity index (χ2v) is 24.0. The summed E-state index contributed by atoms with van der Waals surface area (Å²) in [5, 5.41) is 2.36. The van der Waals surface area contributed by atoms with Gasteiger partial charge in [-0.1, -0.05) is 54.5 Å². The van der Waals surface area contributed by atoms with Gasteiger partial charge in [0.25, 0.3) is 0 Å². The molecule has 0 aliphatic carbocycles. The van der Waals surface area contributed by atoms with E-state index in [1.54, 1.807) is 17.4 Å². The zero-order valence-corrected chi connectivity index (χ0v) is 29.8. The molecule has 0 radical (unpaired) electrons. The third-order valence-corrected chi connectivity index (χ3v) is 18.2. The first-order chi connectivity index (χ1) is 18.4. The Hall–Kier alpha value is -1.72.